The van der Waals surface area contributed by atoms with Crippen molar-refractivity contribution in [2.75, 3.05) is 12.3 Å². The molecule has 0 aliphatic carbocycles. The van der Waals surface area contributed by atoms with Gasteiger partial charge in [0.05, 0.1) is 19.0 Å². The number of carbonyl (C=O) groups is 1. The molecule has 206 valence electrons. The number of nitrogens with two attached hydrogens (primary N) is 1. The third-order valence-electron chi connectivity index (χ3n) is 5.79. The number of ether oxygens (including phenoxy) is 2. The van der Waals surface area contributed by atoms with E-state index in [0.717, 1.165) is 0 Å². The second-order valence-electron chi connectivity index (χ2n) is 9.24. The Morgan fingerprint density at radius 2 is 2.00 bits per heavy atom. The second kappa shape index (κ2) is 11.1. The molecule has 4 N–H and O–H groups in total. The smallest absolute Gasteiger partial charge is 0.459 e. The van der Waals surface area contributed by atoms with E-state index in [9.17, 15) is 14.5 Å². The molecule has 0 bridgehead atoms. The van der Waals surface area contributed by atoms with Crippen LogP contribution in [0.2, 0.25) is 0 Å². The fourth-order valence-corrected chi connectivity index (χ4v) is 5.70. The van der Waals surface area contributed by atoms with Gasteiger partial charge in [-0.25, -0.2) is 19.5 Å². The Labute approximate surface area is 224 Å². The molecule has 13 nitrogen and oxygen atoms in total. The molecule has 6 atom stereocenters. The van der Waals surface area contributed by atoms with Gasteiger partial charge in [0.15, 0.2) is 17.7 Å². The van der Waals surface area contributed by atoms with Gasteiger partial charge in [0.2, 0.25) is 0 Å². The second-order valence-corrected chi connectivity index (χ2v) is 11.7. The molecule has 1 aliphatic heterocycles. The van der Waals surface area contributed by atoms with Gasteiger partial charge in [-0.2, -0.15) is 5.09 Å². The van der Waals surface area contributed by atoms with Crippen LogP contribution in [0.25, 0.3) is 11.2 Å². The fraction of sp³-hybridized carbons (Fsp3) is 0.478. The number of hydrogen-bond donors (Lipinski definition) is 3. The number of para-hydroxylation sites is 1. The van der Waals surface area contributed by atoms with Crippen molar-refractivity contribution in [3.63, 3.8) is 0 Å². The quantitative estimate of drug-likeness (QED) is 0.186. The monoisotopic (exact) mass is 568 g/mol. The summed E-state index contributed by atoms with van der Waals surface area (Å²) in [5.74, 6) is -0.221. The van der Waals surface area contributed by atoms with Crippen LogP contribution in [0.4, 0.5) is 5.82 Å². The summed E-state index contributed by atoms with van der Waals surface area (Å²) in [6.45, 7) is 6.06. The Hall–Kier alpha value is -2.80. The maximum atomic E-state index is 13.8. The number of nitrogen functional groups attached to an aromatic ring is 1. The fourth-order valence-electron chi connectivity index (χ4n) is 3.90. The molecule has 1 fully saturated rings. The highest BCUT2D eigenvalue weighted by molar-refractivity contribution is 7.52. The maximum Gasteiger partial charge on any atom is 0.459 e. The summed E-state index contributed by atoms with van der Waals surface area (Å²) in [5.41, 5.74) is 6.60. The van der Waals surface area contributed by atoms with Crippen molar-refractivity contribution in [1.82, 2.24) is 24.6 Å². The lowest BCUT2D eigenvalue weighted by Crippen LogP contribution is -2.40. The van der Waals surface area contributed by atoms with E-state index in [-0.39, 0.29) is 17.7 Å². The Balaban J connectivity index is 1.54. The van der Waals surface area contributed by atoms with Crippen LogP contribution in [0.15, 0.2) is 43.0 Å². The number of rotatable bonds is 10. The summed E-state index contributed by atoms with van der Waals surface area (Å²) in [6, 6.07) is 7.27. The van der Waals surface area contributed by atoms with Crippen LogP contribution >= 0.6 is 19.3 Å². The summed E-state index contributed by atoms with van der Waals surface area (Å²) in [7, 11) is -4.18. The molecule has 3 aromatic rings. The molecule has 0 amide bonds. The van der Waals surface area contributed by atoms with E-state index in [1.165, 1.54) is 24.1 Å². The van der Waals surface area contributed by atoms with Crippen LogP contribution in [-0.4, -0.2) is 66.4 Å². The van der Waals surface area contributed by atoms with Crippen LogP contribution in [-0.2, 0) is 23.4 Å². The van der Waals surface area contributed by atoms with Crippen LogP contribution in [0.5, 0.6) is 5.75 Å². The van der Waals surface area contributed by atoms with E-state index in [0.29, 0.717) is 11.2 Å². The predicted octanol–water partition coefficient (Wildman–Crippen LogP) is 2.80. The van der Waals surface area contributed by atoms with Crippen molar-refractivity contribution >= 4 is 42.3 Å². The van der Waals surface area contributed by atoms with Gasteiger partial charge in [-0.15, -0.1) is 11.6 Å². The lowest BCUT2D eigenvalue weighted by molar-refractivity contribution is -0.149. The Morgan fingerprint density at radius 1 is 1.29 bits per heavy atom. The third kappa shape index (κ3) is 5.93. The van der Waals surface area contributed by atoms with Crippen molar-refractivity contribution in [1.29, 1.82) is 0 Å². The minimum atomic E-state index is -4.18. The number of anilines is 1. The van der Waals surface area contributed by atoms with Gasteiger partial charge in [-0.05, 0) is 39.8 Å². The summed E-state index contributed by atoms with van der Waals surface area (Å²) >= 11 is 6.73. The van der Waals surface area contributed by atoms with E-state index in [4.69, 9.17) is 35.9 Å². The topological polar surface area (TPSA) is 173 Å². The van der Waals surface area contributed by atoms with Gasteiger partial charge in [0, 0.05) is 0 Å². The first-order valence-corrected chi connectivity index (χ1v) is 13.8. The van der Waals surface area contributed by atoms with Crippen molar-refractivity contribution in [2.45, 2.75) is 63.2 Å². The van der Waals surface area contributed by atoms with E-state index < -0.39 is 49.7 Å². The zero-order chi connectivity index (χ0) is 27.7. The highest BCUT2D eigenvalue weighted by Crippen LogP contribution is 2.48. The zero-order valence-electron chi connectivity index (χ0n) is 21.2. The minimum Gasteiger partial charge on any atom is -0.462 e. The number of nitrogens with one attached hydrogen (secondary N) is 1. The SMILES string of the molecule is CC(C)OC(=O)[C@H](C)N[P@](=O)(OC[C@H]1O[C@@H](n2cnc3c(N)ncnc32)[C@](C)(Cl)[C@@H]1O)Oc1ccccc1. The Bertz CT molecular complexity index is 1320. The average Bonchev–Trinajstić information content (AvgIpc) is 3.37. The molecule has 0 radical (unpaired) electrons. The first kappa shape index (κ1) is 28.2. The van der Waals surface area contributed by atoms with E-state index in [2.05, 4.69) is 20.0 Å². The van der Waals surface area contributed by atoms with Crippen molar-refractivity contribution in [3.8, 4) is 5.75 Å². The van der Waals surface area contributed by atoms with Crippen molar-refractivity contribution in [3.05, 3.63) is 43.0 Å². The zero-order valence-corrected chi connectivity index (χ0v) is 22.9. The van der Waals surface area contributed by atoms with Crippen LogP contribution in [0, 0.1) is 0 Å². The number of benzene rings is 1. The van der Waals surface area contributed by atoms with Gasteiger partial charge in [0.1, 0.15) is 40.7 Å². The molecule has 0 spiro atoms. The number of esters is 1. The third-order valence-corrected chi connectivity index (χ3v) is 7.85. The van der Waals surface area contributed by atoms with E-state index in [1.807, 2.05) is 0 Å². The number of aliphatic hydroxyl groups excluding tert-OH is 1. The maximum absolute atomic E-state index is 13.8. The molecule has 1 saturated heterocycles. The van der Waals surface area contributed by atoms with Crippen LogP contribution < -0.4 is 15.3 Å². The lowest BCUT2D eigenvalue weighted by atomic mass is 10.0. The Morgan fingerprint density at radius 3 is 2.68 bits per heavy atom. The number of carbonyl (C=O) groups excluding carboxylic acids is 1. The molecule has 2 aromatic heterocycles. The van der Waals surface area contributed by atoms with Crippen LogP contribution in [0.3, 0.4) is 0 Å². The molecule has 38 heavy (non-hydrogen) atoms. The summed E-state index contributed by atoms with van der Waals surface area (Å²) in [6.07, 6.45) is -0.895. The Kier molecular flexibility index (Phi) is 8.26. The minimum absolute atomic E-state index is 0.179. The molecule has 0 saturated carbocycles. The van der Waals surface area contributed by atoms with Crippen molar-refractivity contribution < 1.29 is 33.0 Å². The summed E-state index contributed by atoms with van der Waals surface area (Å²) in [5, 5.41) is 13.6. The van der Waals surface area contributed by atoms with Gasteiger partial charge in [-0.3, -0.25) is 13.9 Å². The first-order valence-electron chi connectivity index (χ1n) is 11.8. The largest absolute Gasteiger partial charge is 0.462 e. The van der Waals surface area contributed by atoms with Gasteiger partial charge >= 0.3 is 13.7 Å². The first-order chi connectivity index (χ1) is 17.9. The van der Waals surface area contributed by atoms with E-state index >= 15 is 0 Å². The number of aromatic nitrogens is 4. The highest BCUT2D eigenvalue weighted by Gasteiger charge is 2.54. The van der Waals surface area contributed by atoms with Gasteiger partial charge < -0.3 is 24.8 Å². The lowest BCUT2D eigenvalue weighted by Gasteiger charge is -2.26. The molecular weight excluding hydrogens is 539 g/mol. The van der Waals surface area contributed by atoms with Crippen LogP contribution in [0.1, 0.15) is 33.9 Å². The summed E-state index contributed by atoms with van der Waals surface area (Å²) < 4.78 is 37.8. The average molecular weight is 569 g/mol. The molecule has 1 aliphatic rings. The number of imidazole rings is 1. The highest BCUT2D eigenvalue weighted by atomic mass is 35.5. The molecule has 1 aromatic carbocycles. The molecular formula is C23H30ClN6O7P. The molecule has 0 unspecified atom stereocenters. The number of hydrogen-bond acceptors (Lipinski definition) is 11. The molecule has 4 rings (SSSR count). The molecule has 3 heterocycles. The van der Waals surface area contributed by atoms with Gasteiger partial charge in [-0.1, -0.05) is 18.2 Å². The number of nitrogens with zero attached hydrogens (tertiary/aromatic N) is 4. The van der Waals surface area contributed by atoms with E-state index in [1.54, 1.807) is 51.1 Å². The number of fused-ring (bicyclic) bond motifs is 1. The normalized spacial score (nSPS) is 25.8. The number of halogens is 1. The predicted molar refractivity (Wildman–Crippen MR) is 138 cm³/mol. The summed E-state index contributed by atoms with van der Waals surface area (Å²) in [4.78, 5) is 23.4. The number of aliphatic hydroxyl groups is 1. The van der Waals surface area contributed by atoms with Gasteiger partial charge in [0.25, 0.3) is 0 Å². The standard InChI is InChI=1S/C23H30ClN6O7P/c1-13(2)35-21(32)14(3)29-38(33,37-15-8-6-5-7-9-15)34-10-16-18(31)23(4,24)22(36-16)30-12-28-17-19(25)26-11-27-20(17)30/h5-9,11-14,16,18,22,31H,10H2,1-4H3,(H,29,33)(H2,25,26,27)/t14-,16+,18+,22+,23+,38-/m0/s1. The van der Waals surface area contributed by atoms with Crippen molar-refractivity contribution in [2.24, 2.45) is 0 Å². The number of alkyl halides is 1. The molecule has 15 heteroatoms.